The maximum atomic E-state index is 12.8. The maximum absolute atomic E-state index is 12.8. The number of sulfonamides is 1. The maximum Gasteiger partial charge on any atom is 0.289 e. The molecule has 1 fully saturated rings. The van der Waals surface area contributed by atoms with Gasteiger partial charge >= 0.3 is 0 Å². The minimum Gasteiger partial charge on any atom is -0.497 e. The summed E-state index contributed by atoms with van der Waals surface area (Å²) in [6.07, 6.45) is 0. The van der Waals surface area contributed by atoms with Gasteiger partial charge in [0.1, 0.15) is 5.75 Å². The van der Waals surface area contributed by atoms with Crippen LogP contribution in [0.25, 0.3) is 0 Å². The number of piperazine rings is 1. The van der Waals surface area contributed by atoms with Crippen molar-refractivity contribution in [1.82, 2.24) is 9.21 Å². The quantitative estimate of drug-likeness (QED) is 0.554. The van der Waals surface area contributed by atoms with E-state index in [0.717, 1.165) is 6.07 Å². The van der Waals surface area contributed by atoms with Crippen molar-refractivity contribution in [3.8, 4) is 5.75 Å². The van der Waals surface area contributed by atoms with Crippen LogP contribution in [0.3, 0.4) is 0 Å². The number of ether oxygens (including phenoxy) is 1. The minimum atomic E-state index is -4.03. The predicted molar refractivity (Wildman–Crippen MR) is 101 cm³/mol. The van der Waals surface area contributed by atoms with Gasteiger partial charge in [-0.25, -0.2) is 8.42 Å². The molecule has 1 amide bonds. The fourth-order valence-corrected chi connectivity index (χ4v) is 4.62. The van der Waals surface area contributed by atoms with Gasteiger partial charge in [-0.15, -0.1) is 0 Å². The Kier molecular flexibility index (Phi) is 5.61. The van der Waals surface area contributed by atoms with E-state index in [-0.39, 0.29) is 37.0 Å². The van der Waals surface area contributed by atoms with Crippen molar-refractivity contribution >= 4 is 21.6 Å². The van der Waals surface area contributed by atoms with Gasteiger partial charge in [0.15, 0.2) is 4.90 Å². The minimum absolute atomic E-state index is 0.0596. The molecule has 1 aliphatic heterocycles. The molecule has 2 aromatic rings. The first-order valence-electron chi connectivity index (χ1n) is 8.51. The van der Waals surface area contributed by atoms with Crippen LogP contribution < -0.4 is 4.74 Å². The zero-order chi connectivity index (χ0) is 20.3. The van der Waals surface area contributed by atoms with Crippen molar-refractivity contribution in [2.24, 2.45) is 0 Å². The van der Waals surface area contributed by atoms with Crippen LogP contribution in [-0.2, 0) is 10.0 Å². The Morgan fingerprint density at radius 2 is 1.75 bits per heavy atom. The molecule has 148 valence electrons. The number of para-hydroxylation sites is 1. The van der Waals surface area contributed by atoms with Gasteiger partial charge in [0.25, 0.3) is 11.6 Å². The molecule has 10 heteroatoms. The second kappa shape index (κ2) is 7.95. The SMILES string of the molecule is COc1cccc(C(=O)N2CCN(S(=O)(=O)c3ccccc3[N+](=O)[O-])CC2)c1. The number of amides is 1. The highest BCUT2D eigenvalue weighted by molar-refractivity contribution is 7.89. The first kappa shape index (κ1) is 19.8. The molecular weight excluding hydrogens is 386 g/mol. The van der Waals surface area contributed by atoms with Crippen molar-refractivity contribution in [2.75, 3.05) is 33.3 Å². The summed E-state index contributed by atoms with van der Waals surface area (Å²) >= 11 is 0. The van der Waals surface area contributed by atoms with Gasteiger partial charge in [0.05, 0.1) is 12.0 Å². The molecule has 0 aromatic heterocycles. The Morgan fingerprint density at radius 1 is 1.07 bits per heavy atom. The third-order valence-corrected chi connectivity index (χ3v) is 6.47. The monoisotopic (exact) mass is 405 g/mol. The topological polar surface area (TPSA) is 110 Å². The largest absolute Gasteiger partial charge is 0.497 e. The summed E-state index contributed by atoms with van der Waals surface area (Å²) in [7, 11) is -2.52. The first-order chi connectivity index (χ1) is 13.3. The molecule has 0 unspecified atom stereocenters. The summed E-state index contributed by atoms with van der Waals surface area (Å²) in [6, 6.07) is 12.0. The molecule has 1 aliphatic rings. The molecule has 9 nitrogen and oxygen atoms in total. The number of nitrogens with zero attached hydrogens (tertiary/aromatic N) is 3. The summed E-state index contributed by atoms with van der Waals surface area (Å²) in [5.74, 6) is 0.338. The third kappa shape index (κ3) is 3.82. The van der Waals surface area contributed by atoms with E-state index in [2.05, 4.69) is 0 Å². The van der Waals surface area contributed by atoms with E-state index in [4.69, 9.17) is 4.74 Å². The number of carbonyl (C=O) groups is 1. The van der Waals surface area contributed by atoms with Crippen molar-refractivity contribution in [1.29, 1.82) is 0 Å². The molecule has 3 rings (SSSR count). The summed E-state index contributed by atoms with van der Waals surface area (Å²) in [5.41, 5.74) is -0.00765. The van der Waals surface area contributed by atoms with Crippen molar-refractivity contribution in [3.63, 3.8) is 0 Å². The molecule has 0 aliphatic carbocycles. The van der Waals surface area contributed by atoms with Crippen molar-refractivity contribution in [2.45, 2.75) is 4.90 Å². The van der Waals surface area contributed by atoms with Gasteiger partial charge in [0.2, 0.25) is 10.0 Å². The van der Waals surface area contributed by atoms with Gasteiger partial charge in [-0.05, 0) is 24.3 Å². The molecular formula is C18H19N3O6S. The number of methoxy groups -OCH3 is 1. The number of rotatable bonds is 5. The van der Waals surface area contributed by atoms with E-state index in [1.54, 1.807) is 29.2 Å². The highest BCUT2D eigenvalue weighted by Gasteiger charge is 2.34. The average Bonchev–Trinajstić information content (AvgIpc) is 2.73. The highest BCUT2D eigenvalue weighted by atomic mass is 32.2. The first-order valence-corrected chi connectivity index (χ1v) is 9.95. The predicted octanol–water partition coefficient (Wildman–Crippen LogP) is 1.75. The van der Waals surface area contributed by atoms with E-state index in [1.807, 2.05) is 0 Å². The zero-order valence-electron chi connectivity index (χ0n) is 15.1. The lowest BCUT2D eigenvalue weighted by atomic mass is 10.1. The molecule has 0 radical (unpaired) electrons. The Labute approximate surface area is 162 Å². The van der Waals surface area contributed by atoms with Crippen molar-refractivity contribution in [3.05, 3.63) is 64.2 Å². The lowest BCUT2D eigenvalue weighted by Gasteiger charge is -2.34. The van der Waals surface area contributed by atoms with Crippen LogP contribution >= 0.6 is 0 Å². The molecule has 0 N–H and O–H groups in total. The molecule has 0 bridgehead atoms. The van der Waals surface area contributed by atoms with Crippen LogP contribution in [0.15, 0.2) is 53.4 Å². The van der Waals surface area contributed by atoms with Crippen molar-refractivity contribution < 1.29 is 22.9 Å². The zero-order valence-corrected chi connectivity index (χ0v) is 16.0. The van der Waals surface area contributed by atoms with E-state index in [1.165, 1.54) is 29.6 Å². The Hall–Kier alpha value is -2.98. The van der Waals surface area contributed by atoms with E-state index in [9.17, 15) is 23.3 Å². The van der Waals surface area contributed by atoms with Crippen LogP contribution in [0.2, 0.25) is 0 Å². The van der Waals surface area contributed by atoms with Gasteiger partial charge in [0, 0.05) is 37.8 Å². The molecule has 0 spiro atoms. The normalized spacial score (nSPS) is 15.2. The number of carbonyl (C=O) groups excluding carboxylic acids is 1. The van der Waals surface area contributed by atoms with Gasteiger partial charge < -0.3 is 9.64 Å². The molecule has 1 saturated heterocycles. The molecule has 28 heavy (non-hydrogen) atoms. The third-order valence-electron chi connectivity index (χ3n) is 4.52. The van der Waals surface area contributed by atoms with Crippen LogP contribution in [0, 0.1) is 10.1 Å². The lowest BCUT2D eigenvalue weighted by molar-refractivity contribution is -0.387. The second-order valence-electron chi connectivity index (χ2n) is 6.15. The number of nitro benzene ring substituents is 1. The molecule has 0 atom stereocenters. The average molecular weight is 405 g/mol. The highest BCUT2D eigenvalue weighted by Crippen LogP contribution is 2.27. The van der Waals surface area contributed by atoms with Crippen LogP contribution in [0.1, 0.15) is 10.4 Å². The second-order valence-corrected chi connectivity index (χ2v) is 8.06. The summed E-state index contributed by atoms with van der Waals surface area (Å²) in [6.45, 7) is 0.500. The number of benzene rings is 2. The summed E-state index contributed by atoms with van der Waals surface area (Å²) in [4.78, 5) is 24.3. The van der Waals surface area contributed by atoms with Crippen LogP contribution in [-0.4, -0.2) is 61.7 Å². The molecule has 0 saturated carbocycles. The number of hydrogen-bond donors (Lipinski definition) is 0. The van der Waals surface area contributed by atoms with Crippen LogP contribution in [0.4, 0.5) is 5.69 Å². The van der Waals surface area contributed by atoms with Gasteiger partial charge in [-0.1, -0.05) is 18.2 Å². The number of nitro groups is 1. The Bertz CT molecular complexity index is 1000. The Morgan fingerprint density at radius 3 is 2.39 bits per heavy atom. The summed E-state index contributed by atoms with van der Waals surface area (Å²) in [5, 5.41) is 11.2. The van der Waals surface area contributed by atoms with Crippen LogP contribution in [0.5, 0.6) is 5.75 Å². The Balaban J connectivity index is 1.74. The summed E-state index contributed by atoms with van der Waals surface area (Å²) < 4.78 is 32.0. The lowest BCUT2D eigenvalue weighted by Crippen LogP contribution is -2.50. The molecule has 2 aromatic carbocycles. The fraction of sp³-hybridized carbons (Fsp3) is 0.278. The smallest absolute Gasteiger partial charge is 0.289 e. The number of hydrogen-bond acceptors (Lipinski definition) is 6. The van der Waals surface area contributed by atoms with Gasteiger partial charge in [-0.3, -0.25) is 14.9 Å². The van der Waals surface area contributed by atoms with E-state index in [0.29, 0.717) is 11.3 Å². The van der Waals surface area contributed by atoms with E-state index < -0.39 is 20.6 Å². The van der Waals surface area contributed by atoms with Gasteiger partial charge in [-0.2, -0.15) is 4.31 Å². The standard InChI is InChI=1S/C18H19N3O6S/c1-27-15-6-4-5-14(13-15)18(22)19-9-11-20(12-10-19)28(25,26)17-8-3-2-7-16(17)21(23)24/h2-8,13H,9-12H2,1H3. The fourth-order valence-electron chi connectivity index (χ4n) is 3.04. The van der Waals surface area contributed by atoms with E-state index >= 15 is 0 Å². The molecule has 1 heterocycles.